The Morgan fingerprint density at radius 2 is 1.95 bits per heavy atom. The standard InChI is InChI=1S/C17H26N4/c1-6-13(2)20(5)17-16(12-18-4)14(3)19-21(17)15-10-8-7-9-11-15/h7-11,13,18H,6,12H2,1-5H3. The minimum absolute atomic E-state index is 0.471. The van der Waals surface area contributed by atoms with Crippen LogP contribution in [-0.4, -0.2) is 29.9 Å². The number of hydrogen-bond donors (Lipinski definition) is 1. The Morgan fingerprint density at radius 1 is 1.29 bits per heavy atom. The summed E-state index contributed by atoms with van der Waals surface area (Å²) in [6, 6.07) is 10.8. The highest BCUT2D eigenvalue weighted by molar-refractivity contribution is 5.55. The van der Waals surface area contributed by atoms with Crippen molar-refractivity contribution in [1.29, 1.82) is 0 Å². The lowest BCUT2D eigenvalue weighted by Crippen LogP contribution is -2.31. The van der Waals surface area contributed by atoms with E-state index < -0.39 is 0 Å². The second-order valence-corrected chi connectivity index (χ2v) is 5.53. The van der Waals surface area contributed by atoms with Crippen molar-refractivity contribution in [3.8, 4) is 5.69 Å². The minimum atomic E-state index is 0.471. The summed E-state index contributed by atoms with van der Waals surface area (Å²) in [5, 5.41) is 8.03. The predicted molar refractivity (Wildman–Crippen MR) is 89.2 cm³/mol. The number of aryl methyl sites for hydroxylation is 1. The van der Waals surface area contributed by atoms with E-state index in [1.54, 1.807) is 0 Å². The number of anilines is 1. The maximum absolute atomic E-state index is 4.77. The molecule has 1 N–H and O–H groups in total. The second-order valence-electron chi connectivity index (χ2n) is 5.53. The average Bonchev–Trinajstić information content (AvgIpc) is 2.84. The predicted octanol–water partition coefficient (Wildman–Crippen LogP) is 3.13. The topological polar surface area (TPSA) is 33.1 Å². The van der Waals surface area contributed by atoms with Gasteiger partial charge in [-0.2, -0.15) is 5.10 Å². The van der Waals surface area contributed by atoms with Crippen LogP contribution in [0.25, 0.3) is 5.69 Å². The molecule has 4 nitrogen and oxygen atoms in total. The Morgan fingerprint density at radius 3 is 2.52 bits per heavy atom. The number of nitrogens with one attached hydrogen (secondary N) is 1. The van der Waals surface area contributed by atoms with Gasteiger partial charge in [0.1, 0.15) is 5.82 Å². The maximum atomic E-state index is 4.77. The lowest BCUT2D eigenvalue weighted by Gasteiger charge is -2.28. The van der Waals surface area contributed by atoms with Gasteiger partial charge in [0.05, 0.1) is 11.4 Å². The van der Waals surface area contributed by atoms with Crippen molar-refractivity contribution < 1.29 is 0 Å². The number of rotatable bonds is 6. The highest BCUT2D eigenvalue weighted by Gasteiger charge is 2.21. The van der Waals surface area contributed by atoms with E-state index in [1.807, 2.05) is 13.1 Å². The molecule has 0 spiro atoms. The van der Waals surface area contributed by atoms with Gasteiger partial charge in [0.25, 0.3) is 0 Å². The van der Waals surface area contributed by atoms with Gasteiger partial charge in [0.2, 0.25) is 0 Å². The number of aromatic nitrogens is 2. The van der Waals surface area contributed by atoms with Gasteiger partial charge in [0.15, 0.2) is 0 Å². The van der Waals surface area contributed by atoms with Crippen molar-refractivity contribution in [3.63, 3.8) is 0 Å². The Balaban J connectivity index is 2.57. The van der Waals surface area contributed by atoms with E-state index in [1.165, 1.54) is 11.4 Å². The van der Waals surface area contributed by atoms with Crippen LogP contribution in [0.3, 0.4) is 0 Å². The summed E-state index contributed by atoms with van der Waals surface area (Å²) in [5.41, 5.74) is 3.45. The van der Waals surface area contributed by atoms with E-state index in [0.717, 1.165) is 24.3 Å². The van der Waals surface area contributed by atoms with Crippen LogP contribution in [-0.2, 0) is 6.54 Å². The van der Waals surface area contributed by atoms with Crippen LogP contribution < -0.4 is 10.2 Å². The molecule has 0 aliphatic rings. The second kappa shape index (κ2) is 6.76. The van der Waals surface area contributed by atoms with Gasteiger partial charge in [-0.1, -0.05) is 25.1 Å². The fourth-order valence-corrected chi connectivity index (χ4v) is 2.53. The highest BCUT2D eigenvalue weighted by atomic mass is 15.4. The molecule has 0 radical (unpaired) electrons. The fourth-order valence-electron chi connectivity index (χ4n) is 2.53. The normalized spacial score (nSPS) is 12.4. The van der Waals surface area contributed by atoms with Crippen molar-refractivity contribution in [2.75, 3.05) is 19.0 Å². The summed E-state index contributed by atoms with van der Waals surface area (Å²) < 4.78 is 2.06. The van der Waals surface area contributed by atoms with Crippen molar-refractivity contribution in [1.82, 2.24) is 15.1 Å². The molecule has 0 aliphatic heterocycles. The molecule has 2 rings (SSSR count). The summed E-state index contributed by atoms with van der Waals surface area (Å²) in [6.07, 6.45) is 1.11. The molecule has 0 fully saturated rings. The van der Waals surface area contributed by atoms with Gasteiger partial charge in [-0.25, -0.2) is 4.68 Å². The first-order valence-electron chi connectivity index (χ1n) is 7.61. The first kappa shape index (κ1) is 15.6. The molecule has 2 aromatic rings. The number of nitrogens with zero attached hydrogens (tertiary/aromatic N) is 3. The molecule has 0 aliphatic carbocycles. The third kappa shape index (κ3) is 3.10. The summed E-state index contributed by atoms with van der Waals surface area (Å²) in [7, 11) is 4.13. The van der Waals surface area contributed by atoms with Crippen LogP contribution in [0.2, 0.25) is 0 Å². The Kier molecular flexibility index (Phi) is 5.02. The fraction of sp³-hybridized carbons (Fsp3) is 0.471. The molecule has 0 bridgehead atoms. The molecule has 1 atom stereocenters. The van der Waals surface area contributed by atoms with Gasteiger partial charge in [0, 0.05) is 25.2 Å². The van der Waals surface area contributed by atoms with E-state index in [9.17, 15) is 0 Å². The first-order valence-corrected chi connectivity index (χ1v) is 7.61. The van der Waals surface area contributed by atoms with Crippen LogP contribution in [0.4, 0.5) is 5.82 Å². The first-order chi connectivity index (χ1) is 10.1. The molecule has 114 valence electrons. The van der Waals surface area contributed by atoms with Crippen molar-refractivity contribution in [3.05, 3.63) is 41.6 Å². The zero-order valence-electron chi connectivity index (χ0n) is 13.7. The quantitative estimate of drug-likeness (QED) is 0.885. The summed E-state index contributed by atoms with van der Waals surface area (Å²) in [6.45, 7) is 7.38. The van der Waals surface area contributed by atoms with E-state index in [2.05, 4.69) is 67.0 Å². The Bertz CT molecular complexity index is 574. The zero-order valence-corrected chi connectivity index (χ0v) is 13.7. The SMILES string of the molecule is CCC(C)N(C)c1c(CNC)c(C)nn1-c1ccccc1. The van der Waals surface area contributed by atoms with Gasteiger partial charge in [-0.3, -0.25) is 0 Å². The molecule has 1 heterocycles. The smallest absolute Gasteiger partial charge is 0.137 e. The van der Waals surface area contributed by atoms with E-state index in [4.69, 9.17) is 5.10 Å². The molecule has 0 saturated carbocycles. The molecule has 0 amide bonds. The van der Waals surface area contributed by atoms with E-state index in [-0.39, 0.29) is 0 Å². The van der Waals surface area contributed by atoms with Gasteiger partial charge >= 0.3 is 0 Å². The average molecular weight is 286 g/mol. The van der Waals surface area contributed by atoms with Crippen molar-refractivity contribution >= 4 is 5.82 Å². The van der Waals surface area contributed by atoms with Crippen LogP contribution in [0.5, 0.6) is 0 Å². The molecule has 21 heavy (non-hydrogen) atoms. The molecular weight excluding hydrogens is 260 g/mol. The van der Waals surface area contributed by atoms with Crippen LogP contribution >= 0.6 is 0 Å². The lowest BCUT2D eigenvalue weighted by atomic mass is 10.2. The lowest BCUT2D eigenvalue weighted by molar-refractivity contribution is 0.640. The zero-order chi connectivity index (χ0) is 15.4. The monoisotopic (exact) mass is 286 g/mol. The summed E-state index contributed by atoms with van der Waals surface area (Å²) in [4.78, 5) is 2.33. The van der Waals surface area contributed by atoms with Crippen molar-refractivity contribution in [2.45, 2.75) is 39.8 Å². The molecule has 1 unspecified atom stereocenters. The van der Waals surface area contributed by atoms with Gasteiger partial charge in [-0.15, -0.1) is 0 Å². The highest BCUT2D eigenvalue weighted by Crippen LogP contribution is 2.28. The molecule has 1 aromatic carbocycles. The molecule has 1 aromatic heterocycles. The Labute approximate surface area is 127 Å². The van der Waals surface area contributed by atoms with Crippen molar-refractivity contribution in [2.24, 2.45) is 0 Å². The van der Waals surface area contributed by atoms with Crippen LogP contribution in [0.1, 0.15) is 31.5 Å². The molecule has 0 saturated heterocycles. The summed E-state index contributed by atoms with van der Waals surface area (Å²) in [5.74, 6) is 1.18. The largest absolute Gasteiger partial charge is 0.357 e. The van der Waals surface area contributed by atoms with Crippen LogP contribution in [0, 0.1) is 6.92 Å². The maximum Gasteiger partial charge on any atom is 0.137 e. The van der Waals surface area contributed by atoms with E-state index in [0.29, 0.717) is 6.04 Å². The van der Waals surface area contributed by atoms with Crippen LogP contribution in [0.15, 0.2) is 30.3 Å². The van der Waals surface area contributed by atoms with E-state index >= 15 is 0 Å². The number of para-hydroxylation sites is 1. The third-order valence-electron chi connectivity index (χ3n) is 4.10. The third-order valence-corrected chi connectivity index (χ3v) is 4.10. The van der Waals surface area contributed by atoms with Gasteiger partial charge in [-0.05, 0) is 39.4 Å². The molecular formula is C17H26N4. The Hall–Kier alpha value is -1.81. The van der Waals surface area contributed by atoms with Gasteiger partial charge < -0.3 is 10.2 Å². The summed E-state index contributed by atoms with van der Waals surface area (Å²) >= 11 is 0. The minimum Gasteiger partial charge on any atom is -0.357 e. The number of hydrogen-bond acceptors (Lipinski definition) is 3. The number of benzene rings is 1. The molecule has 4 heteroatoms.